The number of amides is 1. The van der Waals surface area contributed by atoms with E-state index >= 15 is 0 Å². The number of nitrogens with zero attached hydrogens (tertiary/aromatic N) is 2. The van der Waals surface area contributed by atoms with Gasteiger partial charge < -0.3 is 16.0 Å². The van der Waals surface area contributed by atoms with Crippen LogP contribution in [-0.4, -0.2) is 20.9 Å². The van der Waals surface area contributed by atoms with Gasteiger partial charge in [-0.3, -0.25) is 14.6 Å². The molecule has 0 unspecified atom stereocenters. The molecule has 0 fully saturated rings. The number of hydrogen-bond acceptors (Lipinski definition) is 5. The summed E-state index contributed by atoms with van der Waals surface area (Å²) in [4.78, 5) is 34.8. The number of aromatic amines is 1. The molecule has 0 aliphatic carbocycles. The van der Waals surface area contributed by atoms with Gasteiger partial charge in [0.1, 0.15) is 5.82 Å². The summed E-state index contributed by atoms with van der Waals surface area (Å²) in [6.07, 6.45) is 1.03. The van der Waals surface area contributed by atoms with Crippen LogP contribution in [-0.2, 0) is 6.54 Å². The summed E-state index contributed by atoms with van der Waals surface area (Å²) in [5.41, 5.74) is 9.92. The molecule has 7 nitrogen and oxygen atoms in total. The standard InChI is InChI=1S/C22H19N5O2.CH4/c1-13-6-2-4-8-15(13)16-10-14-7-3-5-9-17(14)26-18(16)11-25-22(29)20-21(23)27-19(28)12-24-20;/h2-10,12H,11H2,1H3,(H,25,29)(H3,23,27,28);1H4. The fraction of sp³-hybridized carbons (Fsp3) is 0.130. The number of nitrogen functional groups attached to an aromatic ring is 1. The van der Waals surface area contributed by atoms with E-state index in [-0.39, 0.29) is 25.5 Å². The number of pyridine rings is 1. The highest BCUT2D eigenvalue weighted by molar-refractivity contribution is 5.96. The maximum atomic E-state index is 12.5. The van der Waals surface area contributed by atoms with Crippen molar-refractivity contribution >= 4 is 22.6 Å². The lowest BCUT2D eigenvalue weighted by Crippen LogP contribution is -2.27. The number of rotatable bonds is 4. The molecular formula is C23H23N5O2. The lowest BCUT2D eigenvalue weighted by Gasteiger charge is -2.14. The summed E-state index contributed by atoms with van der Waals surface area (Å²) in [6.45, 7) is 2.23. The van der Waals surface area contributed by atoms with Gasteiger partial charge in [0.15, 0.2) is 5.69 Å². The molecular weight excluding hydrogens is 378 g/mol. The van der Waals surface area contributed by atoms with E-state index in [1.807, 2.05) is 55.5 Å². The van der Waals surface area contributed by atoms with Gasteiger partial charge in [-0.25, -0.2) is 4.98 Å². The van der Waals surface area contributed by atoms with Crippen LogP contribution in [0, 0.1) is 6.92 Å². The molecule has 0 radical (unpaired) electrons. The van der Waals surface area contributed by atoms with Crippen molar-refractivity contribution in [3.05, 3.63) is 88.1 Å². The van der Waals surface area contributed by atoms with Gasteiger partial charge in [0.2, 0.25) is 0 Å². The Morgan fingerprint density at radius 3 is 2.60 bits per heavy atom. The molecule has 7 heteroatoms. The van der Waals surface area contributed by atoms with Crippen LogP contribution in [0.25, 0.3) is 22.0 Å². The fourth-order valence-corrected chi connectivity index (χ4v) is 3.24. The van der Waals surface area contributed by atoms with Gasteiger partial charge in [0, 0.05) is 10.9 Å². The number of aryl methyl sites for hydroxylation is 1. The average molecular weight is 401 g/mol. The molecule has 2 aromatic carbocycles. The van der Waals surface area contributed by atoms with Crippen LogP contribution in [0.15, 0.2) is 65.6 Å². The number of H-pyrrole nitrogens is 1. The van der Waals surface area contributed by atoms with Crippen LogP contribution in [0.1, 0.15) is 29.2 Å². The Hall–Kier alpha value is -4.00. The first-order chi connectivity index (χ1) is 14.0. The summed E-state index contributed by atoms with van der Waals surface area (Å²) in [6, 6.07) is 18.0. The predicted octanol–water partition coefficient (Wildman–Crippen LogP) is 3.44. The predicted molar refractivity (Wildman–Crippen MR) is 119 cm³/mol. The van der Waals surface area contributed by atoms with Crippen LogP contribution < -0.4 is 16.6 Å². The Morgan fingerprint density at radius 1 is 1.10 bits per heavy atom. The molecule has 4 rings (SSSR count). The Morgan fingerprint density at radius 2 is 1.83 bits per heavy atom. The van der Waals surface area contributed by atoms with Gasteiger partial charge in [-0.15, -0.1) is 0 Å². The van der Waals surface area contributed by atoms with Crippen LogP contribution >= 0.6 is 0 Å². The molecule has 0 saturated heterocycles. The maximum Gasteiger partial charge on any atom is 0.273 e. The van der Waals surface area contributed by atoms with Crippen molar-refractivity contribution in [3.63, 3.8) is 0 Å². The zero-order valence-corrected chi connectivity index (χ0v) is 15.8. The van der Waals surface area contributed by atoms with Crippen LogP contribution in [0.5, 0.6) is 0 Å². The number of para-hydroxylation sites is 1. The second-order valence-electron chi connectivity index (χ2n) is 6.68. The molecule has 4 N–H and O–H groups in total. The summed E-state index contributed by atoms with van der Waals surface area (Å²) >= 11 is 0. The number of carbonyl (C=O) groups excluding carboxylic acids is 1. The van der Waals surface area contributed by atoms with E-state index in [1.54, 1.807) is 0 Å². The van der Waals surface area contributed by atoms with Crippen LogP contribution in [0.4, 0.5) is 5.82 Å². The smallest absolute Gasteiger partial charge is 0.273 e. The summed E-state index contributed by atoms with van der Waals surface area (Å²) in [5, 5.41) is 3.82. The minimum absolute atomic E-state index is 0. The van der Waals surface area contributed by atoms with E-state index in [9.17, 15) is 9.59 Å². The molecule has 4 aromatic rings. The quantitative estimate of drug-likeness (QED) is 0.485. The normalized spacial score (nSPS) is 10.4. The van der Waals surface area contributed by atoms with Crippen LogP contribution in [0.3, 0.4) is 0 Å². The number of nitrogens with one attached hydrogen (secondary N) is 2. The minimum atomic E-state index is -0.482. The zero-order chi connectivity index (χ0) is 20.4. The highest BCUT2D eigenvalue weighted by Crippen LogP contribution is 2.29. The topological polar surface area (TPSA) is 114 Å². The van der Waals surface area contributed by atoms with E-state index in [2.05, 4.69) is 21.4 Å². The maximum absolute atomic E-state index is 12.5. The SMILES string of the molecule is C.Cc1ccccc1-c1cc2ccccc2nc1CNC(=O)c1ncc(=O)[nH]c1N. The summed E-state index contributed by atoms with van der Waals surface area (Å²) in [5.74, 6) is -0.551. The fourth-order valence-electron chi connectivity index (χ4n) is 3.24. The molecule has 0 saturated carbocycles. The lowest BCUT2D eigenvalue weighted by atomic mass is 9.97. The lowest BCUT2D eigenvalue weighted by molar-refractivity contribution is 0.0946. The highest BCUT2D eigenvalue weighted by Gasteiger charge is 2.15. The largest absolute Gasteiger partial charge is 0.383 e. The van der Waals surface area contributed by atoms with Crippen molar-refractivity contribution in [2.24, 2.45) is 0 Å². The Kier molecular flexibility index (Phi) is 5.92. The van der Waals surface area contributed by atoms with Gasteiger partial charge in [-0.05, 0) is 30.2 Å². The number of hydrogen-bond donors (Lipinski definition) is 3. The number of carbonyl (C=O) groups is 1. The third-order valence-corrected chi connectivity index (χ3v) is 4.69. The second kappa shape index (κ2) is 8.57. The van der Waals surface area contributed by atoms with Crippen molar-refractivity contribution in [1.29, 1.82) is 0 Å². The zero-order valence-electron chi connectivity index (χ0n) is 15.8. The van der Waals surface area contributed by atoms with Crippen molar-refractivity contribution in [2.75, 3.05) is 5.73 Å². The Balaban J connectivity index is 0.00000256. The van der Waals surface area contributed by atoms with Gasteiger partial charge in [0.25, 0.3) is 11.5 Å². The molecule has 0 spiro atoms. The molecule has 0 bridgehead atoms. The number of anilines is 1. The molecule has 0 aliphatic heterocycles. The van der Waals surface area contributed by atoms with Gasteiger partial charge >= 0.3 is 0 Å². The first kappa shape index (κ1) is 20.7. The van der Waals surface area contributed by atoms with E-state index in [1.165, 1.54) is 0 Å². The van der Waals surface area contributed by atoms with E-state index in [0.29, 0.717) is 0 Å². The first-order valence-electron chi connectivity index (χ1n) is 9.10. The van der Waals surface area contributed by atoms with Crippen molar-refractivity contribution < 1.29 is 4.79 Å². The second-order valence-corrected chi connectivity index (χ2v) is 6.68. The third kappa shape index (κ3) is 4.05. The number of fused-ring (bicyclic) bond motifs is 1. The van der Waals surface area contributed by atoms with E-state index in [0.717, 1.165) is 39.5 Å². The minimum Gasteiger partial charge on any atom is -0.383 e. The molecule has 0 aliphatic rings. The van der Waals surface area contributed by atoms with Gasteiger partial charge in [-0.2, -0.15) is 0 Å². The summed E-state index contributed by atoms with van der Waals surface area (Å²) < 4.78 is 0. The van der Waals surface area contributed by atoms with E-state index < -0.39 is 11.5 Å². The average Bonchev–Trinajstić information content (AvgIpc) is 2.72. The highest BCUT2D eigenvalue weighted by atomic mass is 16.2. The summed E-state index contributed by atoms with van der Waals surface area (Å²) in [7, 11) is 0. The Bertz CT molecular complexity index is 1280. The number of nitrogens with two attached hydrogens (primary N) is 1. The molecule has 1 amide bonds. The van der Waals surface area contributed by atoms with Crippen molar-refractivity contribution in [3.8, 4) is 11.1 Å². The number of aromatic nitrogens is 3. The third-order valence-electron chi connectivity index (χ3n) is 4.69. The monoisotopic (exact) mass is 401 g/mol. The van der Waals surface area contributed by atoms with E-state index in [4.69, 9.17) is 10.7 Å². The van der Waals surface area contributed by atoms with Crippen molar-refractivity contribution in [2.45, 2.75) is 20.9 Å². The van der Waals surface area contributed by atoms with Gasteiger partial charge in [0.05, 0.1) is 24.0 Å². The van der Waals surface area contributed by atoms with Gasteiger partial charge in [-0.1, -0.05) is 49.9 Å². The van der Waals surface area contributed by atoms with Crippen LogP contribution in [0.2, 0.25) is 0 Å². The first-order valence-corrected chi connectivity index (χ1v) is 9.10. The molecule has 0 atom stereocenters. The Labute approximate surface area is 174 Å². The number of benzene rings is 2. The molecule has 30 heavy (non-hydrogen) atoms. The van der Waals surface area contributed by atoms with Crippen molar-refractivity contribution in [1.82, 2.24) is 20.3 Å². The molecule has 2 aromatic heterocycles. The molecule has 2 heterocycles. The molecule has 152 valence electrons.